The fraction of sp³-hybridized carbons (Fsp3) is 0.714. The first kappa shape index (κ1) is 8.62. The van der Waals surface area contributed by atoms with Crippen molar-refractivity contribution in [1.82, 2.24) is 14.9 Å². The molecule has 1 unspecified atom stereocenters. The lowest BCUT2D eigenvalue weighted by Crippen LogP contribution is -2.12. The maximum Gasteiger partial charge on any atom is 0.0800 e. The highest BCUT2D eigenvalue weighted by molar-refractivity contribution is 7.05. The van der Waals surface area contributed by atoms with Gasteiger partial charge in [0.25, 0.3) is 0 Å². The number of hydrogen-bond acceptors (Lipinski definition) is 4. The van der Waals surface area contributed by atoms with E-state index in [2.05, 4.69) is 28.8 Å². The van der Waals surface area contributed by atoms with Crippen LogP contribution in [0.15, 0.2) is 0 Å². The Hall–Kier alpha value is -0.480. The van der Waals surface area contributed by atoms with Gasteiger partial charge in [0.2, 0.25) is 0 Å². The van der Waals surface area contributed by atoms with Gasteiger partial charge >= 0.3 is 0 Å². The summed E-state index contributed by atoms with van der Waals surface area (Å²) in [5, 5.41) is 7.20. The van der Waals surface area contributed by atoms with Crippen LogP contribution in [0, 0.1) is 0 Å². The Morgan fingerprint density at radius 2 is 2.36 bits per heavy atom. The second-order valence-corrected chi connectivity index (χ2v) is 3.23. The van der Waals surface area contributed by atoms with Crippen molar-refractivity contribution in [1.29, 1.82) is 0 Å². The predicted octanol–water partition coefficient (Wildman–Crippen LogP) is 1.38. The molecular formula is C7H13N3S. The Morgan fingerprint density at radius 3 is 2.91 bits per heavy atom. The molecule has 0 radical (unpaired) electrons. The van der Waals surface area contributed by atoms with Crippen LogP contribution in [0.1, 0.15) is 30.5 Å². The molecule has 0 aromatic carbocycles. The molecule has 0 amide bonds. The van der Waals surface area contributed by atoms with Crippen LogP contribution in [0.2, 0.25) is 0 Å². The number of aryl methyl sites for hydroxylation is 1. The molecule has 0 fully saturated rings. The maximum absolute atomic E-state index is 4.03. The summed E-state index contributed by atoms with van der Waals surface area (Å²) in [5.41, 5.74) is 1.12. The SMILES string of the molecule is CCc1nnsc1C(C)NC. The molecule has 1 rings (SSSR count). The average Bonchev–Trinajstić information content (AvgIpc) is 2.50. The summed E-state index contributed by atoms with van der Waals surface area (Å²) >= 11 is 1.48. The van der Waals surface area contributed by atoms with E-state index in [9.17, 15) is 0 Å². The average molecular weight is 171 g/mol. The zero-order valence-electron chi connectivity index (χ0n) is 7.09. The van der Waals surface area contributed by atoms with E-state index in [1.807, 2.05) is 7.05 Å². The lowest BCUT2D eigenvalue weighted by Gasteiger charge is -2.06. The van der Waals surface area contributed by atoms with Gasteiger partial charge in [-0.2, -0.15) is 0 Å². The van der Waals surface area contributed by atoms with E-state index in [0.29, 0.717) is 6.04 Å². The maximum atomic E-state index is 4.03. The Kier molecular flexibility index (Phi) is 2.96. The van der Waals surface area contributed by atoms with Crippen LogP contribution in [0.5, 0.6) is 0 Å². The summed E-state index contributed by atoms with van der Waals surface area (Å²) in [6.07, 6.45) is 0.970. The molecule has 0 saturated carbocycles. The van der Waals surface area contributed by atoms with Crippen molar-refractivity contribution in [2.24, 2.45) is 0 Å². The monoisotopic (exact) mass is 171 g/mol. The first-order valence-corrected chi connectivity index (χ1v) is 4.55. The third-order valence-electron chi connectivity index (χ3n) is 1.75. The standard InChI is InChI=1S/C7H13N3S/c1-4-6-7(5(2)8-3)11-10-9-6/h5,8H,4H2,1-3H3. The number of nitrogens with zero attached hydrogens (tertiary/aromatic N) is 2. The van der Waals surface area contributed by atoms with Crippen molar-refractivity contribution in [2.45, 2.75) is 26.3 Å². The van der Waals surface area contributed by atoms with Crippen molar-refractivity contribution in [2.75, 3.05) is 7.05 Å². The van der Waals surface area contributed by atoms with Crippen LogP contribution in [0.4, 0.5) is 0 Å². The van der Waals surface area contributed by atoms with Crippen LogP contribution in [-0.2, 0) is 6.42 Å². The molecule has 0 aliphatic carbocycles. The van der Waals surface area contributed by atoms with Gasteiger partial charge in [0, 0.05) is 6.04 Å². The van der Waals surface area contributed by atoms with Crippen molar-refractivity contribution in [3.05, 3.63) is 10.6 Å². The Balaban J connectivity index is 2.83. The molecule has 1 aromatic heterocycles. The van der Waals surface area contributed by atoms with E-state index >= 15 is 0 Å². The molecule has 0 aliphatic rings. The van der Waals surface area contributed by atoms with Crippen LogP contribution < -0.4 is 5.32 Å². The Morgan fingerprint density at radius 1 is 1.64 bits per heavy atom. The van der Waals surface area contributed by atoms with Crippen molar-refractivity contribution in [3.63, 3.8) is 0 Å². The van der Waals surface area contributed by atoms with E-state index in [1.54, 1.807) is 0 Å². The van der Waals surface area contributed by atoms with Gasteiger partial charge < -0.3 is 5.32 Å². The van der Waals surface area contributed by atoms with Crippen LogP contribution in [0.3, 0.4) is 0 Å². The minimum Gasteiger partial charge on any atom is -0.312 e. The minimum atomic E-state index is 0.380. The summed E-state index contributed by atoms with van der Waals surface area (Å²) < 4.78 is 3.91. The second kappa shape index (κ2) is 3.78. The summed E-state index contributed by atoms with van der Waals surface area (Å²) in [5.74, 6) is 0. The Bertz CT molecular complexity index is 221. The zero-order chi connectivity index (χ0) is 8.27. The molecule has 11 heavy (non-hydrogen) atoms. The van der Waals surface area contributed by atoms with Gasteiger partial charge in [-0.05, 0) is 31.9 Å². The third kappa shape index (κ3) is 1.75. The van der Waals surface area contributed by atoms with Crippen molar-refractivity contribution >= 4 is 11.5 Å². The number of aromatic nitrogens is 2. The smallest absolute Gasteiger partial charge is 0.0800 e. The molecule has 4 heteroatoms. The van der Waals surface area contributed by atoms with E-state index in [-0.39, 0.29) is 0 Å². The third-order valence-corrected chi connectivity index (χ3v) is 2.70. The van der Waals surface area contributed by atoms with Crippen LogP contribution in [0.25, 0.3) is 0 Å². The van der Waals surface area contributed by atoms with Gasteiger partial charge in [0.05, 0.1) is 10.6 Å². The fourth-order valence-corrected chi connectivity index (χ4v) is 1.71. The summed E-state index contributed by atoms with van der Waals surface area (Å²) in [7, 11) is 1.95. The molecule has 1 aromatic rings. The number of hydrogen-bond donors (Lipinski definition) is 1. The second-order valence-electron chi connectivity index (χ2n) is 2.45. The quantitative estimate of drug-likeness (QED) is 0.746. The fourth-order valence-electron chi connectivity index (χ4n) is 0.921. The van der Waals surface area contributed by atoms with E-state index in [0.717, 1.165) is 12.1 Å². The van der Waals surface area contributed by atoms with E-state index < -0.39 is 0 Å². The lowest BCUT2D eigenvalue weighted by atomic mass is 10.2. The predicted molar refractivity (Wildman–Crippen MR) is 46.8 cm³/mol. The first-order valence-electron chi connectivity index (χ1n) is 3.78. The van der Waals surface area contributed by atoms with Gasteiger partial charge in [-0.1, -0.05) is 11.4 Å². The topological polar surface area (TPSA) is 37.8 Å². The summed E-state index contributed by atoms with van der Waals surface area (Å²) in [6, 6.07) is 0.380. The van der Waals surface area contributed by atoms with Gasteiger partial charge in [0.1, 0.15) is 0 Å². The molecule has 1 atom stereocenters. The Labute approximate surface area is 71.0 Å². The normalized spacial score (nSPS) is 13.4. The molecule has 1 heterocycles. The summed E-state index contributed by atoms with van der Waals surface area (Å²) in [6.45, 7) is 4.22. The van der Waals surface area contributed by atoms with E-state index in [4.69, 9.17) is 0 Å². The van der Waals surface area contributed by atoms with Gasteiger partial charge in [0.15, 0.2) is 0 Å². The molecule has 1 N–H and O–H groups in total. The van der Waals surface area contributed by atoms with Gasteiger partial charge in [-0.15, -0.1) is 5.10 Å². The molecule has 0 spiro atoms. The largest absolute Gasteiger partial charge is 0.312 e. The molecular weight excluding hydrogens is 158 g/mol. The molecule has 0 saturated heterocycles. The number of rotatable bonds is 3. The zero-order valence-corrected chi connectivity index (χ0v) is 7.90. The molecule has 3 nitrogen and oxygen atoms in total. The highest BCUT2D eigenvalue weighted by Gasteiger charge is 2.10. The van der Waals surface area contributed by atoms with Crippen molar-refractivity contribution < 1.29 is 0 Å². The van der Waals surface area contributed by atoms with Crippen LogP contribution in [-0.4, -0.2) is 16.6 Å². The van der Waals surface area contributed by atoms with E-state index in [1.165, 1.54) is 16.4 Å². The summed E-state index contributed by atoms with van der Waals surface area (Å²) in [4.78, 5) is 1.26. The van der Waals surface area contributed by atoms with Crippen molar-refractivity contribution in [3.8, 4) is 0 Å². The highest BCUT2D eigenvalue weighted by atomic mass is 32.1. The highest BCUT2D eigenvalue weighted by Crippen LogP contribution is 2.19. The van der Waals surface area contributed by atoms with Gasteiger partial charge in [-0.25, -0.2) is 0 Å². The van der Waals surface area contributed by atoms with Gasteiger partial charge in [-0.3, -0.25) is 0 Å². The molecule has 0 bridgehead atoms. The van der Waals surface area contributed by atoms with Crippen LogP contribution >= 0.6 is 11.5 Å². The minimum absolute atomic E-state index is 0.380. The number of nitrogens with one attached hydrogen (secondary N) is 1. The first-order chi connectivity index (χ1) is 5.29. The lowest BCUT2D eigenvalue weighted by molar-refractivity contribution is 0.654. The molecule has 62 valence electrons. The molecule has 0 aliphatic heterocycles.